The fourth-order valence-corrected chi connectivity index (χ4v) is 2.83. The average Bonchev–Trinajstić information content (AvgIpc) is 2.35. The van der Waals surface area contributed by atoms with Gasteiger partial charge in [0.05, 0.1) is 0 Å². The summed E-state index contributed by atoms with van der Waals surface area (Å²) in [5, 5.41) is 0. The van der Waals surface area contributed by atoms with Gasteiger partial charge in [-0.25, -0.2) is 0 Å². The Morgan fingerprint density at radius 3 is 2.20 bits per heavy atom. The lowest BCUT2D eigenvalue weighted by molar-refractivity contribution is -0.111. The summed E-state index contributed by atoms with van der Waals surface area (Å²) in [4.78, 5) is 11.1. The lowest BCUT2D eigenvalue weighted by Crippen LogP contribution is -2.25. The zero-order valence-corrected chi connectivity index (χ0v) is 13.8. The standard InChI is InChI=1S/C19H28O/c1-14(2)7-8-19(6,12-17(5)13-20)18-10-15(3)9-16(4)11-18/h7,9-11,13,17H,8,12H2,1-6H3. The molecule has 20 heavy (non-hydrogen) atoms. The van der Waals surface area contributed by atoms with Crippen molar-refractivity contribution in [2.24, 2.45) is 5.92 Å². The van der Waals surface area contributed by atoms with Gasteiger partial charge in [0.1, 0.15) is 6.29 Å². The first-order chi connectivity index (χ1) is 9.26. The van der Waals surface area contributed by atoms with Crippen LogP contribution in [0.15, 0.2) is 29.8 Å². The van der Waals surface area contributed by atoms with Crippen LogP contribution in [0.5, 0.6) is 0 Å². The van der Waals surface area contributed by atoms with Crippen molar-refractivity contribution < 1.29 is 4.79 Å². The molecule has 0 bridgehead atoms. The van der Waals surface area contributed by atoms with Crippen LogP contribution in [-0.4, -0.2) is 6.29 Å². The van der Waals surface area contributed by atoms with Crippen molar-refractivity contribution in [3.63, 3.8) is 0 Å². The number of carbonyl (C=O) groups excluding carboxylic acids is 1. The first-order valence-electron chi connectivity index (χ1n) is 7.44. The number of benzene rings is 1. The van der Waals surface area contributed by atoms with Crippen LogP contribution in [0.1, 0.15) is 57.2 Å². The minimum Gasteiger partial charge on any atom is -0.303 e. The van der Waals surface area contributed by atoms with Gasteiger partial charge in [-0.1, -0.05) is 54.8 Å². The van der Waals surface area contributed by atoms with Crippen LogP contribution in [0.3, 0.4) is 0 Å². The predicted octanol–water partition coefficient (Wildman–Crippen LogP) is 5.14. The number of rotatable bonds is 6. The van der Waals surface area contributed by atoms with E-state index in [1.165, 1.54) is 22.3 Å². The van der Waals surface area contributed by atoms with Crippen LogP contribution in [0.4, 0.5) is 0 Å². The molecular formula is C19H28O. The molecule has 1 heteroatoms. The van der Waals surface area contributed by atoms with Crippen molar-refractivity contribution >= 4 is 6.29 Å². The summed E-state index contributed by atoms with van der Waals surface area (Å²) in [6.45, 7) is 12.8. The summed E-state index contributed by atoms with van der Waals surface area (Å²) in [5.74, 6) is 0.0892. The third kappa shape index (κ3) is 4.63. The van der Waals surface area contributed by atoms with Gasteiger partial charge < -0.3 is 4.79 Å². The molecule has 0 heterocycles. The van der Waals surface area contributed by atoms with Crippen molar-refractivity contribution in [1.82, 2.24) is 0 Å². The lowest BCUT2D eigenvalue weighted by Gasteiger charge is -2.31. The molecule has 0 fully saturated rings. The summed E-state index contributed by atoms with van der Waals surface area (Å²) in [6, 6.07) is 6.74. The third-order valence-electron chi connectivity index (χ3n) is 3.88. The molecule has 0 saturated carbocycles. The van der Waals surface area contributed by atoms with E-state index in [0.29, 0.717) is 0 Å². The molecule has 2 atom stereocenters. The maximum absolute atomic E-state index is 11.1. The second-order valence-corrected chi connectivity index (χ2v) is 6.74. The van der Waals surface area contributed by atoms with Gasteiger partial charge in [0.2, 0.25) is 0 Å². The largest absolute Gasteiger partial charge is 0.303 e. The van der Waals surface area contributed by atoms with Gasteiger partial charge in [0.15, 0.2) is 0 Å². The van der Waals surface area contributed by atoms with Gasteiger partial charge in [0.25, 0.3) is 0 Å². The molecule has 0 spiro atoms. The fraction of sp³-hybridized carbons (Fsp3) is 0.526. The van der Waals surface area contributed by atoms with E-state index in [0.717, 1.165) is 19.1 Å². The highest BCUT2D eigenvalue weighted by Crippen LogP contribution is 2.35. The molecule has 1 aromatic rings. The Morgan fingerprint density at radius 1 is 1.20 bits per heavy atom. The van der Waals surface area contributed by atoms with E-state index in [1.54, 1.807) is 0 Å². The summed E-state index contributed by atoms with van der Waals surface area (Å²) in [7, 11) is 0. The number of allylic oxidation sites excluding steroid dienone is 2. The lowest BCUT2D eigenvalue weighted by atomic mass is 9.72. The maximum Gasteiger partial charge on any atom is 0.122 e. The molecule has 0 N–H and O–H groups in total. The molecule has 110 valence electrons. The van der Waals surface area contributed by atoms with E-state index in [-0.39, 0.29) is 11.3 Å². The number of aldehydes is 1. The quantitative estimate of drug-likeness (QED) is 0.517. The van der Waals surface area contributed by atoms with Gasteiger partial charge in [-0.05, 0) is 51.5 Å². The van der Waals surface area contributed by atoms with Crippen LogP contribution in [0, 0.1) is 19.8 Å². The summed E-state index contributed by atoms with van der Waals surface area (Å²) >= 11 is 0. The molecule has 0 radical (unpaired) electrons. The van der Waals surface area contributed by atoms with E-state index in [1.807, 2.05) is 6.92 Å². The fourth-order valence-electron chi connectivity index (χ4n) is 2.83. The van der Waals surface area contributed by atoms with Crippen molar-refractivity contribution in [3.05, 3.63) is 46.5 Å². The minimum absolute atomic E-state index is 0.0222. The molecule has 2 unspecified atom stereocenters. The van der Waals surface area contributed by atoms with E-state index >= 15 is 0 Å². The first-order valence-corrected chi connectivity index (χ1v) is 7.44. The highest BCUT2D eigenvalue weighted by atomic mass is 16.1. The topological polar surface area (TPSA) is 17.1 Å². The number of carbonyl (C=O) groups is 1. The van der Waals surface area contributed by atoms with E-state index in [9.17, 15) is 4.79 Å². The van der Waals surface area contributed by atoms with E-state index < -0.39 is 0 Å². The summed E-state index contributed by atoms with van der Waals surface area (Å²) in [5.41, 5.74) is 5.29. The zero-order valence-electron chi connectivity index (χ0n) is 13.8. The summed E-state index contributed by atoms with van der Waals surface area (Å²) < 4.78 is 0. The second-order valence-electron chi connectivity index (χ2n) is 6.74. The molecular weight excluding hydrogens is 244 g/mol. The molecule has 1 nitrogen and oxygen atoms in total. The Labute approximate surface area is 124 Å². The van der Waals surface area contributed by atoms with Crippen LogP contribution in [0.2, 0.25) is 0 Å². The highest BCUT2D eigenvalue weighted by molar-refractivity contribution is 5.53. The molecule has 0 amide bonds. The molecule has 0 saturated heterocycles. The maximum atomic E-state index is 11.1. The Morgan fingerprint density at radius 2 is 1.75 bits per heavy atom. The third-order valence-corrected chi connectivity index (χ3v) is 3.88. The van der Waals surface area contributed by atoms with Gasteiger partial charge >= 0.3 is 0 Å². The molecule has 1 aromatic carbocycles. The van der Waals surface area contributed by atoms with Crippen LogP contribution >= 0.6 is 0 Å². The molecule has 1 rings (SSSR count). The average molecular weight is 272 g/mol. The first kappa shape index (κ1) is 16.7. The van der Waals surface area contributed by atoms with Gasteiger partial charge in [-0.2, -0.15) is 0 Å². The molecule has 0 aliphatic heterocycles. The Bertz CT molecular complexity index is 474. The second kappa shape index (κ2) is 6.88. The normalized spacial score (nSPS) is 15.3. The van der Waals surface area contributed by atoms with Gasteiger partial charge in [-0.15, -0.1) is 0 Å². The predicted molar refractivity (Wildman–Crippen MR) is 87.2 cm³/mol. The molecule has 0 aliphatic rings. The monoisotopic (exact) mass is 272 g/mol. The number of hydrogen-bond acceptors (Lipinski definition) is 1. The van der Waals surface area contributed by atoms with Crippen molar-refractivity contribution in [3.8, 4) is 0 Å². The van der Waals surface area contributed by atoms with E-state index in [2.05, 4.69) is 58.9 Å². The van der Waals surface area contributed by atoms with Crippen LogP contribution in [-0.2, 0) is 10.2 Å². The SMILES string of the molecule is CC(C)=CCC(C)(CC(C)C=O)c1cc(C)cc(C)c1. The van der Waals surface area contributed by atoms with Gasteiger partial charge in [0, 0.05) is 5.92 Å². The molecule has 0 aliphatic carbocycles. The Kier molecular flexibility index (Phi) is 5.74. The molecule has 0 aromatic heterocycles. The van der Waals surface area contributed by atoms with Crippen molar-refractivity contribution in [2.75, 3.05) is 0 Å². The Hall–Kier alpha value is -1.37. The van der Waals surface area contributed by atoms with Crippen molar-refractivity contribution in [1.29, 1.82) is 0 Å². The zero-order chi connectivity index (χ0) is 15.3. The summed E-state index contributed by atoms with van der Waals surface area (Å²) in [6.07, 6.45) is 5.23. The van der Waals surface area contributed by atoms with Crippen LogP contribution in [0.25, 0.3) is 0 Å². The van der Waals surface area contributed by atoms with Crippen molar-refractivity contribution in [2.45, 2.75) is 59.8 Å². The Balaban J connectivity index is 3.20. The number of hydrogen-bond donors (Lipinski definition) is 0. The minimum atomic E-state index is 0.0222. The van der Waals surface area contributed by atoms with E-state index in [4.69, 9.17) is 0 Å². The van der Waals surface area contributed by atoms with Crippen LogP contribution < -0.4 is 0 Å². The number of aryl methyl sites for hydroxylation is 2. The highest BCUT2D eigenvalue weighted by Gasteiger charge is 2.28. The van der Waals surface area contributed by atoms with Gasteiger partial charge in [-0.3, -0.25) is 0 Å². The smallest absolute Gasteiger partial charge is 0.122 e.